The number of hydrogen-bond donors (Lipinski definition) is 1. The van der Waals surface area contributed by atoms with E-state index < -0.39 is 6.15 Å². The van der Waals surface area contributed by atoms with Crippen LogP contribution in [0.3, 0.4) is 0 Å². The van der Waals surface area contributed by atoms with Gasteiger partial charge in [0.2, 0.25) is 0 Å². The molecule has 1 N–H and O–H groups in total. The van der Waals surface area contributed by atoms with Crippen LogP contribution in [0.1, 0.15) is 5.56 Å². The van der Waals surface area contributed by atoms with Crippen molar-refractivity contribution in [3.05, 3.63) is 175 Å². The molecule has 0 aliphatic rings. The van der Waals surface area contributed by atoms with E-state index >= 15 is 0 Å². The zero-order valence-electron chi connectivity index (χ0n) is 24.7. The van der Waals surface area contributed by atoms with Crippen LogP contribution in [0.15, 0.2) is 175 Å². The summed E-state index contributed by atoms with van der Waals surface area (Å²) in [7, 11) is 1.82. The molecule has 2 nitrogen and oxygen atoms in total. The lowest BCUT2D eigenvalue weighted by Gasteiger charge is -2.44. The Hall–Kier alpha value is -4.67. The number of aromatic hydroxyl groups is 1. The number of ether oxygens (including phenoxy) is 1. The van der Waals surface area contributed by atoms with E-state index in [4.69, 9.17) is 4.74 Å². The van der Waals surface area contributed by atoms with Gasteiger partial charge < -0.3 is 9.84 Å². The van der Waals surface area contributed by atoms with Gasteiger partial charge in [0, 0.05) is 16.5 Å². The van der Waals surface area contributed by atoms with Crippen LogP contribution in [-0.2, 0) is 16.6 Å². The largest absolute Gasteiger partial charge is 0.508 e. The molecule has 214 valence electrons. The van der Waals surface area contributed by atoms with Crippen LogP contribution >= 0.6 is 0 Å². The number of phenolic OH excluding ortho intramolecular Hbond substituents is 1. The summed E-state index contributed by atoms with van der Waals surface area (Å²) in [5.41, 5.74) is 6.66. The number of benzene rings is 6. The molecule has 0 saturated heterocycles. The highest BCUT2D eigenvalue weighted by atomic mass is 32.2. The first-order valence-electron chi connectivity index (χ1n) is 14.5. The molecule has 4 heteroatoms. The minimum Gasteiger partial charge on any atom is -0.508 e. The van der Waals surface area contributed by atoms with Gasteiger partial charge in [0.05, 0.1) is 7.11 Å². The molecular weight excluding hydrogens is 543 g/mol. The van der Waals surface area contributed by atoms with Crippen molar-refractivity contribution in [3.8, 4) is 11.5 Å². The Bertz CT molecular complexity index is 1500. The number of phenols is 1. The summed E-state index contributed by atoms with van der Waals surface area (Å²) in [6.07, 6.45) is 1.00. The first-order chi connectivity index (χ1) is 21.1. The Morgan fingerprint density at radius 2 is 0.884 bits per heavy atom. The Balaban J connectivity index is 0.000000181. The number of rotatable bonds is 8. The molecule has 0 aliphatic heterocycles. The Morgan fingerprint density at radius 1 is 0.512 bits per heavy atom. The molecule has 0 bridgehead atoms. The van der Waals surface area contributed by atoms with Gasteiger partial charge >= 0.3 is 0 Å². The first-order valence-corrected chi connectivity index (χ1v) is 16.3. The Morgan fingerprint density at radius 3 is 1.23 bits per heavy atom. The fourth-order valence-corrected chi connectivity index (χ4v) is 7.31. The molecular formula is C39H37BO2S. The van der Waals surface area contributed by atoms with Crippen LogP contribution in [0, 0.1) is 0 Å². The molecule has 6 aromatic rings. The summed E-state index contributed by atoms with van der Waals surface area (Å²) in [6, 6.07) is 59.2. The van der Waals surface area contributed by atoms with Crippen LogP contribution in [0.5, 0.6) is 11.5 Å². The van der Waals surface area contributed by atoms with Crippen LogP contribution in [0.25, 0.3) is 0 Å². The lowest BCUT2D eigenvalue weighted by Crippen LogP contribution is -2.74. The van der Waals surface area contributed by atoms with Gasteiger partial charge in [-0.15, -0.1) is 0 Å². The van der Waals surface area contributed by atoms with Crippen LogP contribution < -0.4 is 26.6 Å². The van der Waals surface area contributed by atoms with E-state index in [1.807, 2.05) is 24.3 Å². The normalized spacial score (nSPS) is 11.6. The standard InChI is InChI=1S/C24H20B.C15H16O2S/c1-5-13-21(14-6-1)25(22-15-7-2-8-16-22,23-17-9-3-10-18-23)24-19-11-4-12-20-24;1-17-14-7-3-12(4-8-14)11-18(2)15-9-5-13(16)6-10-15/h1-20H;3-10H,11H2,1-2H3/q-1;/p+1. The monoisotopic (exact) mass is 580 g/mol. The lowest BCUT2D eigenvalue weighted by molar-refractivity contribution is 0.414. The van der Waals surface area contributed by atoms with Gasteiger partial charge in [-0.3, -0.25) is 0 Å². The van der Waals surface area contributed by atoms with Gasteiger partial charge in [-0.05, 0) is 36.4 Å². The fourth-order valence-electron chi connectivity index (χ4n) is 5.86. The molecule has 0 spiro atoms. The predicted molar refractivity (Wildman–Crippen MR) is 186 cm³/mol. The number of methoxy groups -OCH3 is 1. The van der Waals surface area contributed by atoms with Gasteiger partial charge in [-0.25, -0.2) is 0 Å². The molecule has 0 aliphatic carbocycles. The van der Waals surface area contributed by atoms with E-state index in [-0.39, 0.29) is 10.9 Å². The Kier molecular flexibility index (Phi) is 10.0. The minimum atomic E-state index is -1.22. The second kappa shape index (κ2) is 14.5. The SMILES string of the molecule is COc1ccc(C[S+](C)c2ccc(O)cc2)cc1.c1ccc([B-](c2ccccc2)(c2ccccc2)c2ccccc2)cc1. The minimum absolute atomic E-state index is 0.147. The van der Waals surface area contributed by atoms with Crippen LogP contribution in [0.2, 0.25) is 0 Å². The fraction of sp³-hybridized carbons (Fsp3) is 0.0769. The van der Waals surface area contributed by atoms with E-state index in [1.165, 1.54) is 32.3 Å². The maximum absolute atomic E-state index is 9.28. The maximum Gasteiger partial charge on any atom is 0.155 e. The van der Waals surface area contributed by atoms with Crippen molar-refractivity contribution < 1.29 is 9.84 Å². The van der Waals surface area contributed by atoms with Gasteiger partial charge in [0.25, 0.3) is 0 Å². The van der Waals surface area contributed by atoms with Gasteiger partial charge in [-0.2, -0.15) is 21.9 Å². The molecule has 0 fully saturated rings. The highest BCUT2D eigenvalue weighted by Crippen LogP contribution is 2.21. The van der Waals surface area contributed by atoms with Crippen molar-refractivity contribution in [2.45, 2.75) is 10.6 Å². The summed E-state index contributed by atoms with van der Waals surface area (Å²) < 4.78 is 5.15. The summed E-state index contributed by atoms with van der Waals surface area (Å²) in [5.74, 6) is 2.22. The van der Waals surface area contributed by atoms with Crippen LogP contribution in [0.4, 0.5) is 0 Å². The topological polar surface area (TPSA) is 29.5 Å². The molecule has 6 rings (SSSR count). The first kappa shape index (κ1) is 29.8. The van der Waals surface area contributed by atoms with Crippen molar-refractivity contribution in [2.75, 3.05) is 13.4 Å². The molecule has 6 aromatic carbocycles. The second-order valence-electron chi connectivity index (χ2n) is 10.6. The van der Waals surface area contributed by atoms with Gasteiger partial charge in [-0.1, -0.05) is 133 Å². The zero-order chi connectivity index (χ0) is 29.9. The molecule has 43 heavy (non-hydrogen) atoms. The van der Waals surface area contributed by atoms with E-state index in [0.717, 1.165) is 11.5 Å². The van der Waals surface area contributed by atoms with Gasteiger partial charge in [0.15, 0.2) is 4.90 Å². The van der Waals surface area contributed by atoms with Crippen LogP contribution in [-0.4, -0.2) is 24.6 Å². The van der Waals surface area contributed by atoms with Crippen molar-refractivity contribution >= 4 is 38.9 Å². The zero-order valence-corrected chi connectivity index (χ0v) is 25.5. The predicted octanol–water partition coefficient (Wildman–Crippen LogP) is 6.27. The molecule has 0 aromatic heterocycles. The molecule has 0 amide bonds. The smallest absolute Gasteiger partial charge is 0.155 e. The lowest BCUT2D eigenvalue weighted by atomic mass is 9.13. The molecule has 1 unspecified atom stereocenters. The molecule has 0 radical (unpaired) electrons. The highest BCUT2D eigenvalue weighted by molar-refractivity contribution is 7.95. The second-order valence-corrected chi connectivity index (χ2v) is 12.7. The summed E-state index contributed by atoms with van der Waals surface area (Å²) >= 11 is 0. The third-order valence-corrected chi connectivity index (χ3v) is 9.82. The van der Waals surface area contributed by atoms with E-state index in [2.05, 4.69) is 140 Å². The quantitative estimate of drug-likeness (QED) is 0.170. The number of hydrogen-bond acceptors (Lipinski definition) is 2. The summed E-state index contributed by atoms with van der Waals surface area (Å²) in [5, 5.41) is 9.28. The van der Waals surface area contributed by atoms with Gasteiger partial charge in [0.1, 0.15) is 29.7 Å². The summed E-state index contributed by atoms with van der Waals surface area (Å²) in [4.78, 5) is 1.27. The summed E-state index contributed by atoms with van der Waals surface area (Å²) in [6.45, 7) is 0. The van der Waals surface area contributed by atoms with E-state index in [9.17, 15) is 5.11 Å². The van der Waals surface area contributed by atoms with E-state index in [0.29, 0.717) is 5.75 Å². The van der Waals surface area contributed by atoms with Crippen molar-refractivity contribution in [2.24, 2.45) is 0 Å². The average molecular weight is 581 g/mol. The Labute approximate surface area is 258 Å². The van der Waals surface area contributed by atoms with Crippen molar-refractivity contribution in [1.29, 1.82) is 0 Å². The molecule has 0 heterocycles. The van der Waals surface area contributed by atoms with Crippen molar-refractivity contribution in [1.82, 2.24) is 0 Å². The highest BCUT2D eigenvalue weighted by Gasteiger charge is 2.31. The average Bonchev–Trinajstić information content (AvgIpc) is 3.08. The molecule has 0 saturated carbocycles. The van der Waals surface area contributed by atoms with E-state index in [1.54, 1.807) is 19.2 Å². The molecule has 1 atom stereocenters. The third kappa shape index (κ3) is 7.05. The third-order valence-electron chi connectivity index (χ3n) is 7.98. The maximum atomic E-state index is 9.28. The van der Waals surface area contributed by atoms with Crippen molar-refractivity contribution in [3.63, 3.8) is 0 Å².